The minimum Gasteiger partial charge on any atom is -0.391 e. The first-order valence-corrected chi connectivity index (χ1v) is 11.4. The van der Waals surface area contributed by atoms with Crippen molar-refractivity contribution in [2.75, 3.05) is 38.0 Å². The smallest absolute Gasteiger partial charge is 0.391 e. The number of benzene rings is 1. The number of pyridine rings is 1. The number of carbonyl (C=O) groups is 2. The highest BCUT2D eigenvalue weighted by Crippen LogP contribution is 2.15. The van der Waals surface area contributed by atoms with E-state index in [1.807, 2.05) is 13.0 Å². The van der Waals surface area contributed by atoms with Crippen molar-refractivity contribution < 1.29 is 14.3 Å². The molecule has 0 atom stereocenters. The topological polar surface area (TPSA) is 87.7 Å². The zero-order chi connectivity index (χ0) is 22.3. The Morgan fingerprint density at radius 3 is 2.53 bits per heavy atom. The van der Waals surface area contributed by atoms with Crippen molar-refractivity contribution in [3.05, 3.63) is 70.3 Å². The third-order valence-corrected chi connectivity index (χ3v) is 6.03. The molecule has 9 heteroatoms. The minimum atomic E-state index is -0.409. The number of carbonyl (C=O) groups excluding carboxylic acids is 2. The van der Waals surface area contributed by atoms with Gasteiger partial charge in [0.05, 0.1) is 22.6 Å². The first-order valence-electron chi connectivity index (χ1n) is 10.5. The summed E-state index contributed by atoms with van der Waals surface area (Å²) in [7, 11) is 0. The number of thiazole rings is 1. The number of nitrogens with one attached hydrogen (secondary N) is 1. The highest BCUT2D eigenvalue weighted by molar-refractivity contribution is 7.09. The quantitative estimate of drug-likeness (QED) is 0.618. The van der Waals surface area contributed by atoms with Crippen LogP contribution in [0, 0.1) is 6.92 Å². The molecule has 0 bridgehead atoms. The number of piperazine rings is 1. The first kappa shape index (κ1) is 21.9. The maximum Gasteiger partial charge on any atom is 0.416 e. The lowest BCUT2D eigenvalue weighted by Crippen LogP contribution is -2.50. The van der Waals surface area contributed by atoms with Crippen molar-refractivity contribution in [1.29, 1.82) is 0 Å². The Morgan fingerprint density at radius 2 is 1.88 bits per heavy atom. The Bertz CT molecular complexity index is 1050. The third kappa shape index (κ3) is 5.89. The summed E-state index contributed by atoms with van der Waals surface area (Å²) in [5.74, 6) is -0.0195. The largest absolute Gasteiger partial charge is 0.416 e. The van der Waals surface area contributed by atoms with Gasteiger partial charge in [-0.1, -0.05) is 18.2 Å². The van der Waals surface area contributed by atoms with Gasteiger partial charge in [-0.2, -0.15) is 0 Å². The van der Waals surface area contributed by atoms with E-state index >= 15 is 0 Å². The molecule has 0 aliphatic carbocycles. The summed E-state index contributed by atoms with van der Waals surface area (Å²) in [4.78, 5) is 37.3. The Morgan fingerprint density at radius 1 is 1.09 bits per heavy atom. The van der Waals surface area contributed by atoms with Crippen molar-refractivity contribution in [2.45, 2.75) is 13.3 Å². The van der Waals surface area contributed by atoms with Gasteiger partial charge in [-0.3, -0.25) is 9.69 Å². The van der Waals surface area contributed by atoms with Crippen molar-refractivity contribution in [3.63, 3.8) is 0 Å². The molecule has 166 valence electrons. The summed E-state index contributed by atoms with van der Waals surface area (Å²) in [6.07, 6.45) is 1.99. The monoisotopic (exact) mass is 451 g/mol. The van der Waals surface area contributed by atoms with Crippen LogP contribution in [0.4, 0.5) is 10.5 Å². The molecule has 1 aliphatic heterocycles. The van der Waals surface area contributed by atoms with Gasteiger partial charge in [0.15, 0.2) is 0 Å². The van der Waals surface area contributed by atoms with E-state index in [2.05, 4.69) is 25.6 Å². The van der Waals surface area contributed by atoms with E-state index in [1.54, 1.807) is 52.6 Å². The van der Waals surface area contributed by atoms with Crippen LogP contribution in [0.3, 0.4) is 0 Å². The normalized spacial score (nSPS) is 14.2. The van der Waals surface area contributed by atoms with E-state index in [4.69, 9.17) is 4.74 Å². The number of hydrogen-bond acceptors (Lipinski definition) is 7. The van der Waals surface area contributed by atoms with Gasteiger partial charge >= 0.3 is 6.09 Å². The number of ether oxygens (including phenoxy) is 1. The molecule has 8 nitrogen and oxygen atoms in total. The average molecular weight is 452 g/mol. The lowest BCUT2D eigenvalue weighted by atomic mass is 10.2. The molecule has 2 aromatic heterocycles. The lowest BCUT2D eigenvalue weighted by Gasteiger charge is -2.33. The summed E-state index contributed by atoms with van der Waals surface area (Å²) in [5.41, 5.74) is 2.22. The predicted octanol–water partition coefficient (Wildman–Crippen LogP) is 3.46. The molecule has 0 unspecified atom stereocenters. The van der Waals surface area contributed by atoms with Crippen molar-refractivity contribution in [2.24, 2.45) is 0 Å². The van der Waals surface area contributed by atoms with E-state index in [0.29, 0.717) is 24.3 Å². The number of amides is 2. The van der Waals surface area contributed by atoms with Crippen LogP contribution >= 0.6 is 11.3 Å². The number of hydrogen-bond donors (Lipinski definition) is 1. The van der Waals surface area contributed by atoms with Crippen LogP contribution in [0.1, 0.15) is 21.1 Å². The highest BCUT2D eigenvalue weighted by atomic mass is 32.1. The van der Waals surface area contributed by atoms with Gasteiger partial charge in [0.2, 0.25) is 5.88 Å². The van der Waals surface area contributed by atoms with Crippen LogP contribution in [0.5, 0.6) is 5.88 Å². The van der Waals surface area contributed by atoms with Crippen LogP contribution in [-0.4, -0.2) is 64.5 Å². The van der Waals surface area contributed by atoms with Gasteiger partial charge in [0.1, 0.15) is 0 Å². The molecule has 2 amide bonds. The van der Waals surface area contributed by atoms with Gasteiger partial charge < -0.3 is 15.0 Å². The summed E-state index contributed by atoms with van der Waals surface area (Å²) in [5, 5.41) is 5.97. The molecule has 1 N–H and O–H groups in total. The van der Waals surface area contributed by atoms with Crippen LogP contribution in [-0.2, 0) is 6.42 Å². The molecular weight excluding hydrogens is 426 g/mol. The zero-order valence-electron chi connectivity index (χ0n) is 17.9. The van der Waals surface area contributed by atoms with E-state index in [9.17, 15) is 9.59 Å². The molecule has 1 aliphatic rings. The Balaban J connectivity index is 1.21. The Kier molecular flexibility index (Phi) is 7.08. The van der Waals surface area contributed by atoms with Crippen molar-refractivity contribution in [1.82, 2.24) is 19.8 Å². The molecule has 1 fully saturated rings. The second-order valence-corrected chi connectivity index (χ2v) is 8.57. The van der Waals surface area contributed by atoms with Crippen molar-refractivity contribution >= 4 is 29.0 Å². The van der Waals surface area contributed by atoms with Crippen LogP contribution < -0.4 is 10.1 Å². The SMILES string of the molecule is Cc1nc(CCN2CCN(C(=O)Oc3ccc(NC(=O)c4ccccc4)cn3)CC2)cs1. The summed E-state index contributed by atoms with van der Waals surface area (Å²) >= 11 is 1.67. The fourth-order valence-corrected chi connectivity index (χ4v) is 4.06. The number of rotatable bonds is 6. The number of aromatic nitrogens is 2. The average Bonchev–Trinajstić information content (AvgIpc) is 3.25. The zero-order valence-corrected chi connectivity index (χ0v) is 18.7. The van der Waals surface area contributed by atoms with E-state index in [1.165, 1.54) is 6.20 Å². The molecule has 0 radical (unpaired) electrons. The standard InChI is InChI=1S/C23H25N5O3S/c1-17-25-20(16-32-17)9-10-27-11-13-28(14-12-27)23(30)31-21-8-7-19(15-24-21)26-22(29)18-5-3-2-4-6-18/h2-8,15-16H,9-14H2,1H3,(H,26,29). The fraction of sp³-hybridized carbons (Fsp3) is 0.304. The highest BCUT2D eigenvalue weighted by Gasteiger charge is 2.23. The molecular formula is C23H25N5O3S. The molecule has 3 aromatic rings. The molecule has 1 aromatic carbocycles. The van der Waals surface area contributed by atoms with Crippen LogP contribution in [0.2, 0.25) is 0 Å². The van der Waals surface area contributed by atoms with E-state index < -0.39 is 6.09 Å². The van der Waals surface area contributed by atoms with Crippen molar-refractivity contribution in [3.8, 4) is 5.88 Å². The second kappa shape index (κ2) is 10.3. The Hall–Kier alpha value is -3.30. The third-order valence-electron chi connectivity index (χ3n) is 5.20. The minimum absolute atomic E-state index is 0.203. The number of nitrogens with zero attached hydrogens (tertiary/aromatic N) is 4. The number of anilines is 1. The van der Waals surface area contributed by atoms with E-state index in [0.717, 1.165) is 36.8 Å². The maximum atomic E-state index is 12.5. The summed E-state index contributed by atoms with van der Waals surface area (Å²) in [6.45, 7) is 5.78. The molecule has 3 heterocycles. The fourth-order valence-electron chi connectivity index (χ4n) is 3.41. The van der Waals surface area contributed by atoms with Gasteiger partial charge in [-0.05, 0) is 25.1 Å². The molecule has 32 heavy (non-hydrogen) atoms. The summed E-state index contributed by atoms with van der Waals surface area (Å²) in [6, 6.07) is 12.2. The van der Waals surface area contributed by atoms with Crippen LogP contribution in [0.15, 0.2) is 54.0 Å². The van der Waals surface area contributed by atoms with Gasteiger partial charge in [0.25, 0.3) is 5.91 Å². The van der Waals surface area contributed by atoms with Crippen LogP contribution in [0.25, 0.3) is 0 Å². The lowest BCUT2D eigenvalue weighted by molar-refractivity contribution is 0.102. The molecule has 0 spiro atoms. The van der Waals surface area contributed by atoms with E-state index in [-0.39, 0.29) is 11.8 Å². The number of aryl methyl sites for hydroxylation is 1. The van der Waals surface area contributed by atoms with Gasteiger partial charge in [0, 0.05) is 56.2 Å². The Labute approximate surface area is 190 Å². The first-order chi connectivity index (χ1) is 15.6. The maximum absolute atomic E-state index is 12.5. The molecule has 4 rings (SSSR count). The predicted molar refractivity (Wildman–Crippen MR) is 123 cm³/mol. The second-order valence-electron chi connectivity index (χ2n) is 7.51. The van der Waals surface area contributed by atoms with Gasteiger partial charge in [-0.25, -0.2) is 14.8 Å². The summed E-state index contributed by atoms with van der Waals surface area (Å²) < 4.78 is 5.40. The molecule has 1 saturated heterocycles. The molecule has 0 saturated carbocycles. The van der Waals surface area contributed by atoms with Gasteiger partial charge in [-0.15, -0.1) is 11.3 Å².